The molecule has 2 nitrogen and oxygen atoms in total. The maximum atomic E-state index is 5.99. The molecular weight excluding hydrogens is 386 g/mol. The largest absolute Gasteiger partial charge is 0.489 e. The van der Waals surface area contributed by atoms with E-state index in [1.54, 1.807) is 0 Å². The lowest BCUT2D eigenvalue weighted by Gasteiger charge is -2.10. The zero-order chi connectivity index (χ0) is 16.8. The van der Waals surface area contributed by atoms with E-state index < -0.39 is 0 Å². The first-order valence-corrected chi connectivity index (χ1v) is 8.82. The van der Waals surface area contributed by atoms with E-state index in [-0.39, 0.29) is 0 Å². The summed E-state index contributed by atoms with van der Waals surface area (Å²) in [5, 5.41) is 4.13. The third-order valence-corrected chi connectivity index (χ3v) is 4.30. The molecule has 3 aromatic rings. The van der Waals surface area contributed by atoms with Crippen LogP contribution in [0.4, 0.5) is 5.69 Å². The quantitative estimate of drug-likeness (QED) is 0.523. The van der Waals surface area contributed by atoms with Gasteiger partial charge < -0.3 is 10.1 Å². The van der Waals surface area contributed by atoms with Gasteiger partial charge in [0.25, 0.3) is 0 Å². The van der Waals surface area contributed by atoms with Crippen molar-refractivity contribution in [1.29, 1.82) is 0 Å². The van der Waals surface area contributed by atoms with Crippen molar-refractivity contribution in [3.05, 3.63) is 93.4 Å². The van der Waals surface area contributed by atoms with E-state index >= 15 is 0 Å². The minimum absolute atomic E-state index is 0.504. The van der Waals surface area contributed by atoms with E-state index in [1.807, 2.05) is 60.7 Å². The lowest BCUT2D eigenvalue weighted by Crippen LogP contribution is -2.00. The zero-order valence-electron chi connectivity index (χ0n) is 13.0. The summed E-state index contributed by atoms with van der Waals surface area (Å²) < 4.78 is 6.94. The molecule has 0 amide bonds. The van der Waals surface area contributed by atoms with Crippen LogP contribution in [0.15, 0.2) is 77.3 Å². The van der Waals surface area contributed by atoms with E-state index in [2.05, 4.69) is 33.4 Å². The molecule has 0 aromatic heterocycles. The van der Waals surface area contributed by atoms with E-state index in [1.165, 1.54) is 5.56 Å². The predicted octanol–water partition coefficient (Wildman–Crippen LogP) is 6.29. The van der Waals surface area contributed by atoms with Gasteiger partial charge in [-0.3, -0.25) is 0 Å². The summed E-state index contributed by atoms with van der Waals surface area (Å²) in [4.78, 5) is 0. The van der Waals surface area contributed by atoms with Gasteiger partial charge in [0.2, 0.25) is 0 Å². The number of hydrogen-bond acceptors (Lipinski definition) is 2. The van der Waals surface area contributed by atoms with Gasteiger partial charge in [0.05, 0.1) is 0 Å². The lowest BCUT2D eigenvalue weighted by molar-refractivity contribution is 0.306. The first-order chi connectivity index (χ1) is 11.7. The molecule has 0 aliphatic rings. The van der Waals surface area contributed by atoms with Crippen LogP contribution in [0, 0.1) is 0 Å². The second kappa shape index (κ2) is 8.22. The van der Waals surface area contributed by atoms with Gasteiger partial charge >= 0.3 is 0 Å². The number of anilines is 1. The molecule has 0 atom stereocenters. The molecule has 0 radical (unpaired) electrons. The molecule has 0 fully saturated rings. The van der Waals surface area contributed by atoms with Crippen LogP contribution in [-0.2, 0) is 13.2 Å². The van der Waals surface area contributed by atoms with Crippen LogP contribution in [0.3, 0.4) is 0 Å². The molecule has 0 saturated carbocycles. The Morgan fingerprint density at radius 2 is 1.62 bits per heavy atom. The van der Waals surface area contributed by atoms with Crippen LogP contribution in [0.1, 0.15) is 11.1 Å². The number of benzene rings is 3. The van der Waals surface area contributed by atoms with Gasteiger partial charge in [-0.15, -0.1) is 0 Å². The minimum Gasteiger partial charge on any atom is -0.489 e. The molecule has 0 spiro atoms. The highest BCUT2D eigenvalue weighted by atomic mass is 79.9. The third kappa shape index (κ3) is 5.02. The molecule has 4 heteroatoms. The molecule has 3 rings (SSSR count). The van der Waals surface area contributed by atoms with Crippen molar-refractivity contribution >= 4 is 33.2 Å². The van der Waals surface area contributed by atoms with Crippen LogP contribution in [-0.4, -0.2) is 0 Å². The van der Waals surface area contributed by atoms with Crippen molar-refractivity contribution in [2.75, 3.05) is 5.32 Å². The normalized spacial score (nSPS) is 10.4. The average molecular weight is 403 g/mol. The molecule has 0 aliphatic heterocycles. The summed E-state index contributed by atoms with van der Waals surface area (Å²) in [6.07, 6.45) is 0. The molecule has 3 aromatic carbocycles. The van der Waals surface area contributed by atoms with Crippen LogP contribution < -0.4 is 10.1 Å². The zero-order valence-corrected chi connectivity index (χ0v) is 15.3. The van der Waals surface area contributed by atoms with Gasteiger partial charge in [-0.2, -0.15) is 0 Å². The van der Waals surface area contributed by atoms with Crippen molar-refractivity contribution in [2.24, 2.45) is 0 Å². The maximum Gasteiger partial charge on any atom is 0.120 e. The smallest absolute Gasteiger partial charge is 0.120 e. The Morgan fingerprint density at radius 1 is 0.875 bits per heavy atom. The second-order valence-electron chi connectivity index (χ2n) is 5.43. The van der Waals surface area contributed by atoms with E-state index in [0.29, 0.717) is 6.61 Å². The van der Waals surface area contributed by atoms with Crippen LogP contribution in [0.2, 0.25) is 5.02 Å². The fourth-order valence-electron chi connectivity index (χ4n) is 2.31. The van der Waals surface area contributed by atoms with Gasteiger partial charge in [-0.1, -0.05) is 51.8 Å². The Hall–Kier alpha value is -1.97. The minimum atomic E-state index is 0.504. The number of nitrogens with one attached hydrogen (secondary N) is 1. The van der Waals surface area contributed by atoms with Crippen molar-refractivity contribution in [3.63, 3.8) is 0 Å². The number of hydrogen-bond donors (Lipinski definition) is 1. The highest BCUT2D eigenvalue weighted by Crippen LogP contribution is 2.19. The Bertz CT molecular complexity index is 805. The van der Waals surface area contributed by atoms with E-state index in [0.717, 1.165) is 33.0 Å². The molecule has 122 valence electrons. The summed E-state index contributed by atoms with van der Waals surface area (Å²) in [7, 11) is 0. The number of ether oxygens (including phenoxy) is 1. The van der Waals surface area contributed by atoms with Crippen LogP contribution in [0.5, 0.6) is 5.75 Å². The Balaban J connectivity index is 1.58. The molecule has 24 heavy (non-hydrogen) atoms. The fraction of sp³-hybridized carbons (Fsp3) is 0.100. The predicted molar refractivity (Wildman–Crippen MR) is 104 cm³/mol. The highest BCUT2D eigenvalue weighted by Gasteiger charge is 2.00. The molecule has 0 unspecified atom stereocenters. The summed E-state index contributed by atoms with van der Waals surface area (Å²) in [5.41, 5.74) is 3.31. The van der Waals surface area contributed by atoms with Crippen LogP contribution in [0.25, 0.3) is 0 Å². The maximum absolute atomic E-state index is 5.99. The second-order valence-corrected chi connectivity index (χ2v) is 6.78. The van der Waals surface area contributed by atoms with Gasteiger partial charge in [0.15, 0.2) is 0 Å². The van der Waals surface area contributed by atoms with Gasteiger partial charge in [0.1, 0.15) is 12.4 Å². The Morgan fingerprint density at radius 3 is 2.42 bits per heavy atom. The Labute approximate surface area is 155 Å². The van der Waals surface area contributed by atoms with Crippen molar-refractivity contribution in [1.82, 2.24) is 0 Å². The van der Waals surface area contributed by atoms with Crippen LogP contribution >= 0.6 is 27.5 Å². The van der Waals surface area contributed by atoms with Gasteiger partial charge in [-0.05, 0) is 59.7 Å². The SMILES string of the molecule is Clc1cccc(COc2cccc(CNc3ccc(Br)cc3)c2)c1. The van der Waals surface area contributed by atoms with E-state index in [9.17, 15) is 0 Å². The standard InChI is InChI=1S/C20H17BrClNO/c21-17-7-9-19(10-8-17)23-13-15-3-2-6-20(12-15)24-14-16-4-1-5-18(22)11-16/h1-12,23H,13-14H2. The summed E-state index contributed by atoms with van der Waals surface area (Å²) >= 11 is 9.43. The molecule has 0 bridgehead atoms. The number of rotatable bonds is 6. The van der Waals surface area contributed by atoms with Crippen molar-refractivity contribution in [3.8, 4) is 5.75 Å². The summed E-state index contributed by atoms with van der Waals surface area (Å²) in [6, 6.07) is 23.9. The molecule has 1 N–H and O–H groups in total. The Kier molecular flexibility index (Phi) is 5.78. The fourth-order valence-corrected chi connectivity index (χ4v) is 2.79. The summed E-state index contributed by atoms with van der Waals surface area (Å²) in [6.45, 7) is 1.25. The highest BCUT2D eigenvalue weighted by molar-refractivity contribution is 9.10. The molecule has 0 heterocycles. The number of halogens is 2. The van der Waals surface area contributed by atoms with Gasteiger partial charge in [-0.25, -0.2) is 0 Å². The van der Waals surface area contributed by atoms with Crippen molar-refractivity contribution in [2.45, 2.75) is 13.2 Å². The van der Waals surface area contributed by atoms with E-state index in [4.69, 9.17) is 16.3 Å². The summed E-state index contributed by atoms with van der Waals surface area (Å²) in [5.74, 6) is 0.852. The monoisotopic (exact) mass is 401 g/mol. The molecular formula is C20H17BrClNO. The lowest BCUT2D eigenvalue weighted by atomic mass is 10.2. The topological polar surface area (TPSA) is 21.3 Å². The first-order valence-electron chi connectivity index (χ1n) is 7.65. The first kappa shape index (κ1) is 16.9. The average Bonchev–Trinajstić information content (AvgIpc) is 2.60. The third-order valence-electron chi connectivity index (χ3n) is 3.53. The molecule has 0 saturated heterocycles. The van der Waals surface area contributed by atoms with Gasteiger partial charge in [0, 0.05) is 21.7 Å². The van der Waals surface area contributed by atoms with Crippen molar-refractivity contribution < 1.29 is 4.74 Å². The molecule has 0 aliphatic carbocycles.